The van der Waals surface area contributed by atoms with Gasteiger partial charge in [0.2, 0.25) is 35.4 Å². The molecule has 768 valence electrons. The zero-order chi connectivity index (χ0) is 102. The number of nitrogens with two attached hydrogens (primary N) is 2. The average Bonchev–Trinajstić information content (AvgIpc) is 1.16. The fourth-order valence-corrected chi connectivity index (χ4v) is 13.6. The predicted molar refractivity (Wildman–Crippen MR) is 508 cm³/mol. The number of Topliss-reactive ketones (excluding diaryl/α,β-unsaturated/α-hetero) is 4. The Bertz CT molecular complexity index is 4240. The molecule has 41 heteroatoms. The predicted octanol–water partition coefficient (Wildman–Crippen LogP) is 5.44. The van der Waals surface area contributed by atoms with Crippen molar-refractivity contribution in [3.8, 4) is 0 Å². The minimum atomic E-state index is -0.798. The summed E-state index contributed by atoms with van der Waals surface area (Å²) >= 11 is 0. The van der Waals surface area contributed by atoms with Gasteiger partial charge in [-0.3, -0.25) is 96.2 Å². The molecule has 0 aliphatic carbocycles. The number of nitrogens with one attached hydrogen (secondary N) is 8. The number of carbonyl (C=O) groups excluding carboxylic acids is 19. The van der Waals surface area contributed by atoms with Gasteiger partial charge < -0.3 is 96.6 Å². The van der Waals surface area contributed by atoms with E-state index in [1.54, 1.807) is 31.2 Å². The molecular formula is C97H147N13O28. The molecule has 0 spiro atoms. The van der Waals surface area contributed by atoms with E-state index in [0.29, 0.717) is 181 Å². The fourth-order valence-electron chi connectivity index (χ4n) is 13.6. The third kappa shape index (κ3) is 53.8. The first-order valence-electron chi connectivity index (χ1n) is 47.4. The smallest absolute Gasteiger partial charge is 0.312 e. The molecule has 3 heterocycles. The Labute approximate surface area is 808 Å². The number of primary amides is 2. The van der Waals surface area contributed by atoms with Crippen LogP contribution in [0.2, 0.25) is 0 Å². The van der Waals surface area contributed by atoms with Gasteiger partial charge in [-0.15, -0.1) is 0 Å². The highest BCUT2D eigenvalue weighted by Gasteiger charge is 2.34. The second-order valence-corrected chi connectivity index (χ2v) is 34.0. The van der Waals surface area contributed by atoms with Gasteiger partial charge in [0.25, 0.3) is 35.4 Å². The van der Waals surface area contributed by atoms with Crippen LogP contribution >= 0.6 is 0 Å². The molecule has 5 rings (SSSR count). The molecular weight excluding hydrogens is 1800 g/mol. The lowest BCUT2D eigenvalue weighted by molar-refractivity contribution is -0.142. The summed E-state index contributed by atoms with van der Waals surface area (Å²) in [5.74, 6) is -7.25. The van der Waals surface area contributed by atoms with Crippen molar-refractivity contribution in [2.45, 2.75) is 210 Å². The molecule has 0 radical (unpaired) electrons. The van der Waals surface area contributed by atoms with Crippen molar-refractivity contribution in [2.24, 2.45) is 47.0 Å². The van der Waals surface area contributed by atoms with Crippen molar-refractivity contribution in [3.05, 3.63) is 96.1 Å². The van der Waals surface area contributed by atoms with Crippen molar-refractivity contribution in [1.82, 2.24) is 46.6 Å². The van der Waals surface area contributed by atoms with Gasteiger partial charge in [0.1, 0.15) is 12.4 Å². The number of carbonyl (C=O) groups is 19. The molecule has 3 aliphatic heterocycles. The number of ether oxygens (including phenoxy) is 9. The number of benzene rings is 2. The molecule has 2 aromatic rings. The summed E-state index contributed by atoms with van der Waals surface area (Å²) in [4.78, 5) is 232. The molecule has 3 aliphatic rings. The van der Waals surface area contributed by atoms with E-state index in [1.807, 2.05) is 72.7 Å². The number of anilines is 2. The van der Waals surface area contributed by atoms with Gasteiger partial charge >= 0.3 is 18.0 Å². The van der Waals surface area contributed by atoms with Crippen LogP contribution in [0.5, 0.6) is 0 Å². The van der Waals surface area contributed by atoms with Gasteiger partial charge in [-0.2, -0.15) is 0 Å². The number of imide groups is 3. The minimum Gasteiger partial charge on any atom is -0.461 e. The van der Waals surface area contributed by atoms with E-state index in [9.17, 15) is 91.1 Å². The summed E-state index contributed by atoms with van der Waals surface area (Å²) < 4.78 is 48.8. The Morgan fingerprint density at radius 3 is 0.986 bits per heavy atom. The molecule has 0 saturated heterocycles. The number of ketones is 4. The molecule has 0 saturated carbocycles. The molecule has 6 atom stereocenters. The van der Waals surface area contributed by atoms with Crippen molar-refractivity contribution < 1.29 is 134 Å². The minimum absolute atomic E-state index is 0.0353. The lowest BCUT2D eigenvalue weighted by atomic mass is 9.89. The summed E-state index contributed by atoms with van der Waals surface area (Å²) in [5, 5.41) is 21.8. The first-order chi connectivity index (χ1) is 65.9. The zero-order valence-electron chi connectivity index (χ0n) is 81.7. The summed E-state index contributed by atoms with van der Waals surface area (Å²) in [7, 11) is 0. The number of unbranched alkanes of at least 4 members (excludes halogenated alkanes) is 4. The average molecular weight is 1940 g/mol. The monoisotopic (exact) mass is 1940 g/mol. The van der Waals surface area contributed by atoms with Crippen LogP contribution in [0.3, 0.4) is 0 Å². The first-order valence-corrected chi connectivity index (χ1v) is 47.4. The van der Waals surface area contributed by atoms with Crippen LogP contribution in [0, 0.1) is 35.5 Å². The highest BCUT2D eigenvalue weighted by atomic mass is 16.6. The maximum atomic E-state index is 13.5. The van der Waals surface area contributed by atoms with E-state index in [2.05, 4.69) is 42.5 Å². The van der Waals surface area contributed by atoms with Crippen LogP contribution in [0.1, 0.15) is 190 Å². The molecule has 138 heavy (non-hydrogen) atoms. The molecule has 2 aromatic carbocycles. The van der Waals surface area contributed by atoms with Crippen LogP contribution in [0.15, 0.2) is 85.0 Å². The Morgan fingerprint density at radius 2 is 0.659 bits per heavy atom. The van der Waals surface area contributed by atoms with Crippen LogP contribution in [0.25, 0.3) is 0 Å². The number of nitrogens with zero attached hydrogens (tertiary/aromatic N) is 3. The SMILES string of the molecule is CC(=O)OCc1ccc(NC(=O)[C@H](CCCNC(N)=O)CC(=O)[C@@H](NC(=O)CCCCCN2C(=O)C=CC2=O)C(C)C)cc1.CC(=O)[C@H](C)CC(=O)[C@@H](NC(=O)CCCCCN1C(=O)C=CC1=O)C(C)C.CCc1ccc(NC(=O)[C@H](CCCNC(N)=O)CC(=O)[C@@H](NC(=O)CCOCCOCCOCCOCCOCCOCCOCCOCCNC(=O)CCN2C(=O)C=CC2=O)C(C)C)cc1. The molecule has 0 unspecified atom stereocenters. The Kier molecular flexibility index (Phi) is 61.8. The van der Waals surface area contributed by atoms with Gasteiger partial charge in [-0.1, -0.05) is 92.5 Å². The first kappa shape index (κ1) is 120. The number of rotatable bonds is 73. The van der Waals surface area contributed by atoms with Crippen LogP contribution in [0.4, 0.5) is 21.0 Å². The molecule has 0 bridgehead atoms. The lowest BCUT2D eigenvalue weighted by Gasteiger charge is -2.24. The van der Waals surface area contributed by atoms with Crippen LogP contribution in [-0.4, -0.2) is 290 Å². The summed E-state index contributed by atoms with van der Waals surface area (Å²) in [6, 6.07) is 10.7. The number of amides is 16. The number of aryl methyl sites for hydroxylation is 1. The fraction of sp³-hybridized carbons (Fsp3) is 0.619. The molecule has 0 aromatic heterocycles. The quantitative estimate of drug-likeness (QED) is 0.0224. The largest absolute Gasteiger partial charge is 0.461 e. The van der Waals surface area contributed by atoms with E-state index in [1.165, 1.54) is 55.2 Å². The number of esters is 1. The van der Waals surface area contributed by atoms with Crippen molar-refractivity contribution in [1.29, 1.82) is 0 Å². The highest BCUT2D eigenvalue weighted by molar-refractivity contribution is 6.14. The zero-order valence-corrected chi connectivity index (χ0v) is 81.7. The van der Waals surface area contributed by atoms with Gasteiger partial charge in [-0.05, 0) is 118 Å². The van der Waals surface area contributed by atoms with Crippen LogP contribution < -0.4 is 54.0 Å². The number of urea groups is 2. The second kappa shape index (κ2) is 70.8. The molecule has 0 fully saturated rings. The Hall–Kier alpha value is -11.7. The third-order valence-corrected chi connectivity index (χ3v) is 21.7. The van der Waals surface area contributed by atoms with E-state index in [-0.39, 0.29) is 197 Å². The Morgan fingerprint density at radius 1 is 0.341 bits per heavy atom. The van der Waals surface area contributed by atoms with Gasteiger partial charge in [0.05, 0.1) is 124 Å². The van der Waals surface area contributed by atoms with Crippen LogP contribution in [-0.2, 0) is 137 Å². The lowest BCUT2D eigenvalue weighted by Crippen LogP contribution is -2.45. The maximum Gasteiger partial charge on any atom is 0.312 e. The van der Waals surface area contributed by atoms with Gasteiger partial charge in [0, 0.05) is 157 Å². The van der Waals surface area contributed by atoms with Crippen molar-refractivity contribution in [3.63, 3.8) is 0 Å². The second-order valence-electron chi connectivity index (χ2n) is 34.0. The third-order valence-electron chi connectivity index (χ3n) is 21.7. The summed E-state index contributed by atoms with van der Waals surface area (Å²) in [5.41, 5.74) is 13.3. The van der Waals surface area contributed by atoms with E-state index in [4.69, 9.17) is 54.1 Å². The van der Waals surface area contributed by atoms with Crippen molar-refractivity contribution in [2.75, 3.05) is 156 Å². The summed E-state index contributed by atoms with van der Waals surface area (Å²) in [6.45, 7) is 25.0. The maximum absolute atomic E-state index is 13.5. The highest BCUT2D eigenvalue weighted by Crippen LogP contribution is 2.24. The summed E-state index contributed by atoms with van der Waals surface area (Å²) in [6.07, 6.45) is 13.8. The van der Waals surface area contributed by atoms with Gasteiger partial charge in [0.15, 0.2) is 17.3 Å². The molecule has 16 amide bonds. The number of hydrogen-bond donors (Lipinski definition) is 10. The molecule has 41 nitrogen and oxygen atoms in total. The van der Waals surface area contributed by atoms with E-state index in [0.717, 1.165) is 27.3 Å². The Balaban J connectivity index is 0.000000588. The van der Waals surface area contributed by atoms with Crippen molar-refractivity contribution >= 4 is 123 Å². The normalized spacial score (nSPS) is 14.0. The standard InChI is InChI=1S/C46H74N6O15.C31H43N5O8.C20H30N2O5/c1-4-36-7-9-38(10-8-36)50-45(58)37(6-5-15-49-46(47)59)34-39(53)44(35(2)3)51-41(55)14-18-60-20-22-62-24-26-64-28-30-66-32-33-67-31-29-65-27-25-63-23-21-61-19-16-48-40(54)13-17-52-42(56)11-12-43(52)57;1-20(2)29(35-26(39)9-5-4-6-17-36-27(40)14-15-28(36)41)25(38)18-23(8-7-16-33-31(32)43)30(42)34-24-12-10-22(11-13-24)19-44-21(3)37;1-13(2)20(16(24)12-14(3)15(4)23)21-17(25)8-6-5-7-11-22-18(26)9-10-19(22)27/h7-12,35,37,44H,4-6,13-34H2,1-3H3,(H,48,54)(H,50,58)(H,51,55)(H3,47,49,59);10-15,20,23,29H,4-9,16-19H2,1-3H3,(H,34,42)(H,35,39)(H3,32,33,43);9-10,13-14,20H,5-8,11-12H2,1-4H3,(H,21,25)/t37-,44+;23-,29+;14-,20+/m111/s1. The van der Waals surface area contributed by atoms with E-state index >= 15 is 0 Å². The number of hydrogen-bond acceptors (Lipinski definition) is 28. The van der Waals surface area contributed by atoms with E-state index < -0.39 is 59.8 Å². The van der Waals surface area contributed by atoms with Gasteiger partial charge in [-0.25, -0.2) is 9.59 Å². The topological polar surface area (TPSA) is 565 Å². The molecule has 12 N–H and O–H groups in total.